The van der Waals surface area contributed by atoms with E-state index < -0.39 is 0 Å². The van der Waals surface area contributed by atoms with Crippen molar-refractivity contribution in [3.05, 3.63) is 71.7 Å². The summed E-state index contributed by atoms with van der Waals surface area (Å²) >= 11 is 0. The summed E-state index contributed by atoms with van der Waals surface area (Å²) in [5.41, 5.74) is 9.39. The average Bonchev–Trinajstić information content (AvgIpc) is 3.18. The number of aromatic nitrogens is 3. The maximum absolute atomic E-state index is 12.6. The number of benzene rings is 1. The molecule has 2 unspecified atom stereocenters. The molecule has 160 valence electrons. The first kappa shape index (κ1) is 20.9. The summed E-state index contributed by atoms with van der Waals surface area (Å²) in [5, 5.41) is 6.36. The van der Waals surface area contributed by atoms with E-state index in [9.17, 15) is 4.79 Å². The predicted octanol–water partition coefficient (Wildman–Crippen LogP) is 2.96. The van der Waals surface area contributed by atoms with E-state index in [0.29, 0.717) is 17.6 Å². The molecule has 4 N–H and O–H groups in total. The highest BCUT2D eigenvalue weighted by Crippen LogP contribution is 2.19. The Bertz CT molecular complexity index is 1040. The first-order valence-corrected chi connectivity index (χ1v) is 10.4. The Morgan fingerprint density at radius 3 is 2.61 bits per heavy atom. The van der Waals surface area contributed by atoms with E-state index in [1.54, 1.807) is 12.3 Å². The van der Waals surface area contributed by atoms with Gasteiger partial charge in [-0.2, -0.15) is 0 Å². The van der Waals surface area contributed by atoms with Crippen LogP contribution in [0.2, 0.25) is 0 Å². The predicted molar refractivity (Wildman–Crippen MR) is 120 cm³/mol. The van der Waals surface area contributed by atoms with Crippen molar-refractivity contribution in [1.29, 1.82) is 0 Å². The summed E-state index contributed by atoms with van der Waals surface area (Å²) in [6.07, 6.45) is 2.69. The fraction of sp³-hybridized carbons (Fsp3) is 0.304. The molecule has 31 heavy (non-hydrogen) atoms. The van der Waals surface area contributed by atoms with Crippen molar-refractivity contribution in [3.8, 4) is 11.4 Å². The highest BCUT2D eigenvalue weighted by Gasteiger charge is 2.20. The molecule has 1 aliphatic rings. The van der Waals surface area contributed by atoms with Crippen molar-refractivity contribution >= 4 is 11.7 Å². The molecule has 3 heterocycles. The monoisotopic (exact) mass is 417 g/mol. The average molecular weight is 418 g/mol. The zero-order chi connectivity index (χ0) is 21.8. The number of pyridine rings is 1. The number of hydrogen-bond acceptors (Lipinski definition) is 7. The van der Waals surface area contributed by atoms with Gasteiger partial charge in [0.05, 0.1) is 12.2 Å². The van der Waals surface area contributed by atoms with Gasteiger partial charge in [-0.3, -0.25) is 15.2 Å². The lowest BCUT2D eigenvalue weighted by atomic mass is 10.1. The van der Waals surface area contributed by atoms with E-state index in [4.69, 9.17) is 0 Å². The number of amides is 1. The molecule has 1 aliphatic heterocycles. The zero-order valence-electron chi connectivity index (χ0n) is 17.9. The molecule has 0 aliphatic carbocycles. The van der Waals surface area contributed by atoms with Crippen molar-refractivity contribution in [2.24, 2.45) is 0 Å². The van der Waals surface area contributed by atoms with E-state index in [-0.39, 0.29) is 18.1 Å². The SMILES string of the molecule is Cc1cc(NC2CC(C)NN2)nc(-c2ccc(C(=O)N[C@H](C)c3ccccc3)nc2)n1. The van der Waals surface area contributed by atoms with Gasteiger partial charge in [0.1, 0.15) is 11.5 Å². The number of aryl methyl sites for hydroxylation is 1. The van der Waals surface area contributed by atoms with Gasteiger partial charge >= 0.3 is 0 Å². The third kappa shape index (κ3) is 5.22. The van der Waals surface area contributed by atoms with Gasteiger partial charge in [-0.1, -0.05) is 30.3 Å². The molecule has 0 radical (unpaired) electrons. The Kier molecular flexibility index (Phi) is 6.20. The lowest BCUT2D eigenvalue weighted by molar-refractivity contribution is 0.0935. The summed E-state index contributed by atoms with van der Waals surface area (Å²) in [4.78, 5) is 26.1. The molecule has 1 aromatic carbocycles. The largest absolute Gasteiger partial charge is 0.353 e. The Labute approximate surface area is 181 Å². The van der Waals surface area contributed by atoms with Crippen molar-refractivity contribution in [2.75, 3.05) is 5.32 Å². The molecule has 3 aromatic rings. The summed E-state index contributed by atoms with van der Waals surface area (Å²) < 4.78 is 0. The third-order valence-electron chi connectivity index (χ3n) is 5.17. The molecule has 8 heteroatoms. The van der Waals surface area contributed by atoms with Gasteiger partial charge < -0.3 is 10.6 Å². The van der Waals surface area contributed by atoms with Crippen molar-refractivity contribution in [1.82, 2.24) is 31.1 Å². The van der Waals surface area contributed by atoms with Gasteiger partial charge in [0, 0.05) is 29.6 Å². The summed E-state index contributed by atoms with van der Waals surface area (Å²) in [5.74, 6) is 1.09. The number of nitrogens with one attached hydrogen (secondary N) is 4. The number of hydrogen-bond donors (Lipinski definition) is 4. The molecule has 1 amide bonds. The van der Waals surface area contributed by atoms with Crippen molar-refractivity contribution in [3.63, 3.8) is 0 Å². The molecule has 8 nitrogen and oxygen atoms in total. The minimum absolute atomic E-state index is 0.105. The Morgan fingerprint density at radius 2 is 1.94 bits per heavy atom. The van der Waals surface area contributed by atoms with Gasteiger partial charge in [0.15, 0.2) is 5.82 Å². The van der Waals surface area contributed by atoms with Crippen LogP contribution < -0.4 is 21.5 Å². The Morgan fingerprint density at radius 1 is 1.13 bits per heavy atom. The number of anilines is 1. The van der Waals surface area contributed by atoms with Crippen LogP contribution >= 0.6 is 0 Å². The Hall–Kier alpha value is -3.36. The van der Waals surface area contributed by atoms with Crippen molar-refractivity contribution in [2.45, 2.75) is 45.4 Å². The lowest BCUT2D eigenvalue weighted by Crippen LogP contribution is -2.36. The number of nitrogens with zero attached hydrogens (tertiary/aromatic N) is 3. The first-order valence-electron chi connectivity index (χ1n) is 10.4. The van der Waals surface area contributed by atoms with E-state index in [0.717, 1.165) is 29.1 Å². The van der Waals surface area contributed by atoms with Crippen LogP contribution in [0.15, 0.2) is 54.7 Å². The number of rotatable bonds is 6. The molecule has 0 spiro atoms. The maximum atomic E-state index is 12.6. The standard InChI is InChI=1S/C23H27N7O/c1-14-11-20(27-21-12-15(2)29-30-21)28-22(25-14)18-9-10-19(24-13-18)23(31)26-16(3)17-7-5-4-6-8-17/h4-11,13,15-16,21,29-30H,12H2,1-3H3,(H,26,31)(H,25,27,28)/t15?,16-,21?/m1/s1. The van der Waals surface area contributed by atoms with E-state index >= 15 is 0 Å². The number of hydrazine groups is 1. The molecule has 2 aromatic heterocycles. The van der Waals surface area contributed by atoms with Crippen LogP contribution in [0.25, 0.3) is 11.4 Å². The van der Waals surface area contributed by atoms with Crippen LogP contribution in [0.3, 0.4) is 0 Å². The molecule has 3 atom stereocenters. The second-order valence-corrected chi connectivity index (χ2v) is 7.88. The molecule has 0 bridgehead atoms. The molecule has 0 saturated carbocycles. The van der Waals surface area contributed by atoms with E-state index in [1.165, 1.54) is 0 Å². The molecule has 1 saturated heterocycles. The number of carbonyl (C=O) groups excluding carboxylic acids is 1. The second kappa shape index (κ2) is 9.20. The van der Waals surface area contributed by atoms with Gasteiger partial charge in [0.2, 0.25) is 0 Å². The van der Waals surface area contributed by atoms with Gasteiger partial charge in [-0.15, -0.1) is 0 Å². The van der Waals surface area contributed by atoms with Gasteiger partial charge in [-0.05, 0) is 44.9 Å². The smallest absolute Gasteiger partial charge is 0.270 e. The highest BCUT2D eigenvalue weighted by atomic mass is 16.1. The van der Waals surface area contributed by atoms with Gasteiger partial charge in [-0.25, -0.2) is 15.4 Å². The van der Waals surface area contributed by atoms with Crippen LogP contribution in [0.5, 0.6) is 0 Å². The Balaban J connectivity index is 1.45. The third-order valence-corrected chi connectivity index (χ3v) is 5.17. The van der Waals surface area contributed by atoms with Crippen LogP contribution in [0.1, 0.15) is 48.1 Å². The first-order chi connectivity index (χ1) is 15.0. The van der Waals surface area contributed by atoms with Gasteiger partial charge in [0.25, 0.3) is 5.91 Å². The molecule has 4 rings (SSSR count). The molecule has 1 fully saturated rings. The lowest BCUT2D eigenvalue weighted by Gasteiger charge is -2.15. The van der Waals surface area contributed by atoms with Crippen LogP contribution in [-0.4, -0.2) is 33.1 Å². The number of carbonyl (C=O) groups is 1. The minimum atomic E-state index is -0.218. The quantitative estimate of drug-likeness (QED) is 0.489. The van der Waals surface area contributed by atoms with Crippen LogP contribution in [0.4, 0.5) is 5.82 Å². The normalized spacial score (nSPS) is 19.1. The summed E-state index contributed by atoms with van der Waals surface area (Å²) in [7, 11) is 0. The summed E-state index contributed by atoms with van der Waals surface area (Å²) in [6.45, 7) is 6.00. The van der Waals surface area contributed by atoms with Crippen molar-refractivity contribution < 1.29 is 4.79 Å². The maximum Gasteiger partial charge on any atom is 0.270 e. The van der Waals surface area contributed by atoms with E-state index in [1.807, 2.05) is 56.3 Å². The zero-order valence-corrected chi connectivity index (χ0v) is 17.9. The molecular weight excluding hydrogens is 390 g/mol. The topological polar surface area (TPSA) is 104 Å². The molecular formula is C23H27N7O. The second-order valence-electron chi connectivity index (χ2n) is 7.88. The van der Waals surface area contributed by atoms with E-state index in [2.05, 4.69) is 43.4 Å². The minimum Gasteiger partial charge on any atom is -0.353 e. The summed E-state index contributed by atoms with van der Waals surface area (Å²) in [6, 6.07) is 15.6. The van der Waals surface area contributed by atoms with Crippen LogP contribution in [-0.2, 0) is 0 Å². The fourth-order valence-electron chi connectivity index (χ4n) is 3.52. The highest BCUT2D eigenvalue weighted by molar-refractivity contribution is 5.92. The van der Waals surface area contributed by atoms with Crippen LogP contribution in [0, 0.1) is 6.92 Å². The fourth-order valence-corrected chi connectivity index (χ4v) is 3.52.